The van der Waals surface area contributed by atoms with Crippen molar-refractivity contribution in [2.75, 3.05) is 0 Å². The Morgan fingerprint density at radius 3 is 1.21 bits per heavy atom. The molecule has 0 aliphatic heterocycles. The predicted octanol–water partition coefficient (Wildman–Crippen LogP) is 14.3. The summed E-state index contributed by atoms with van der Waals surface area (Å²) < 4.78 is 7.36. The standard InChI is InChI=1S/C54H35N3/c1-2-13-36(14-3-1)37-25-27-38(28-26-37)39-29-31-40(32-30-39)56-50-22-10-7-18-45(50)47-19-12-24-52(54(47)56)57-51-23-11-6-17-44(51)46-34-33-41(35-53(46)57)55-48-20-8-4-15-42(48)43-16-5-9-21-49(43)55/h1-35H. The summed E-state index contributed by atoms with van der Waals surface area (Å²) in [6.45, 7) is 0. The molecule has 0 atom stereocenters. The van der Waals surface area contributed by atoms with Crippen LogP contribution in [0.3, 0.4) is 0 Å². The van der Waals surface area contributed by atoms with Crippen molar-refractivity contribution in [3.8, 4) is 39.3 Å². The molecule has 266 valence electrons. The lowest BCUT2D eigenvalue weighted by Crippen LogP contribution is -2.01. The normalized spacial score (nSPS) is 11.9. The van der Waals surface area contributed by atoms with Gasteiger partial charge in [-0.3, -0.25) is 0 Å². The van der Waals surface area contributed by atoms with Crippen LogP contribution in [0.15, 0.2) is 212 Å². The van der Waals surface area contributed by atoms with Crippen LogP contribution in [0.4, 0.5) is 0 Å². The molecule has 3 nitrogen and oxygen atoms in total. The van der Waals surface area contributed by atoms with E-state index in [1.807, 2.05) is 0 Å². The highest BCUT2D eigenvalue weighted by atomic mass is 15.1. The summed E-state index contributed by atoms with van der Waals surface area (Å²) in [6, 6.07) is 77.4. The molecule has 12 aromatic rings. The summed E-state index contributed by atoms with van der Waals surface area (Å²) in [4.78, 5) is 0. The molecule has 3 heteroatoms. The molecule has 0 spiro atoms. The molecule has 3 aromatic heterocycles. The Balaban J connectivity index is 1.08. The average Bonchev–Trinajstić information content (AvgIpc) is 3.92. The fourth-order valence-electron chi connectivity index (χ4n) is 9.30. The molecule has 12 rings (SSSR count). The third-order valence-corrected chi connectivity index (χ3v) is 11.9. The zero-order valence-electron chi connectivity index (χ0n) is 31.0. The average molecular weight is 726 g/mol. The lowest BCUT2D eigenvalue weighted by Gasteiger charge is -2.15. The molecule has 3 heterocycles. The third kappa shape index (κ3) is 4.79. The maximum atomic E-state index is 2.49. The topological polar surface area (TPSA) is 14.8 Å². The van der Waals surface area contributed by atoms with Crippen molar-refractivity contribution >= 4 is 65.4 Å². The van der Waals surface area contributed by atoms with Crippen molar-refractivity contribution in [3.63, 3.8) is 0 Å². The summed E-state index contributed by atoms with van der Waals surface area (Å²) >= 11 is 0. The van der Waals surface area contributed by atoms with Gasteiger partial charge in [0.05, 0.1) is 38.8 Å². The van der Waals surface area contributed by atoms with Crippen molar-refractivity contribution in [1.82, 2.24) is 13.7 Å². The van der Waals surface area contributed by atoms with Crippen molar-refractivity contribution in [2.45, 2.75) is 0 Å². The van der Waals surface area contributed by atoms with Crippen LogP contribution >= 0.6 is 0 Å². The number of hydrogen-bond acceptors (Lipinski definition) is 0. The van der Waals surface area contributed by atoms with Crippen LogP contribution in [0.5, 0.6) is 0 Å². The zero-order valence-corrected chi connectivity index (χ0v) is 31.0. The smallest absolute Gasteiger partial charge is 0.0782 e. The molecular formula is C54H35N3. The minimum Gasteiger partial charge on any atom is -0.309 e. The summed E-state index contributed by atoms with van der Waals surface area (Å²) in [5, 5.41) is 7.47. The largest absolute Gasteiger partial charge is 0.309 e. The highest BCUT2D eigenvalue weighted by Crippen LogP contribution is 2.41. The van der Waals surface area contributed by atoms with Gasteiger partial charge >= 0.3 is 0 Å². The fraction of sp³-hybridized carbons (Fsp3) is 0. The summed E-state index contributed by atoms with van der Waals surface area (Å²) in [6.07, 6.45) is 0. The Morgan fingerprint density at radius 2 is 0.632 bits per heavy atom. The summed E-state index contributed by atoms with van der Waals surface area (Å²) in [5.74, 6) is 0. The van der Waals surface area contributed by atoms with Crippen molar-refractivity contribution in [2.24, 2.45) is 0 Å². The molecule has 0 aliphatic carbocycles. The number of para-hydroxylation sites is 5. The van der Waals surface area contributed by atoms with E-state index < -0.39 is 0 Å². The van der Waals surface area contributed by atoms with Crippen LogP contribution in [0, 0.1) is 0 Å². The second-order valence-corrected chi connectivity index (χ2v) is 14.9. The van der Waals surface area contributed by atoms with Gasteiger partial charge in [-0.25, -0.2) is 0 Å². The summed E-state index contributed by atoms with van der Waals surface area (Å²) in [7, 11) is 0. The predicted molar refractivity (Wildman–Crippen MR) is 240 cm³/mol. The van der Waals surface area contributed by atoms with Crippen molar-refractivity contribution < 1.29 is 0 Å². The maximum Gasteiger partial charge on any atom is 0.0782 e. The Hall–Kier alpha value is -7.62. The van der Waals surface area contributed by atoms with E-state index >= 15 is 0 Å². The third-order valence-electron chi connectivity index (χ3n) is 11.9. The van der Waals surface area contributed by atoms with Crippen molar-refractivity contribution in [1.29, 1.82) is 0 Å². The number of hydrogen-bond donors (Lipinski definition) is 0. The minimum atomic E-state index is 1.13. The number of benzene rings is 9. The molecular weight excluding hydrogens is 691 g/mol. The van der Waals surface area contributed by atoms with Crippen LogP contribution in [0.25, 0.3) is 105 Å². The molecule has 0 saturated heterocycles. The Labute approximate surface area is 329 Å². The molecule has 0 fully saturated rings. The minimum absolute atomic E-state index is 1.13. The van der Waals surface area contributed by atoms with E-state index in [1.165, 1.54) is 87.7 Å². The van der Waals surface area contributed by atoms with E-state index in [1.54, 1.807) is 0 Å². The molecule has 0 amide bonds. The van der Waals surface area contributed by atoms with E-state index in [4.69, 9.17) is 0 Å². The number of aromatic nitrogens is 3. The van der Waals surface area contributed by atoms with Gasteiger partial charge in [-0.1, -0.05) is 158 Å². The molecule has 0 radical (unpaired) electrons. The molecule has 0 aliphatic rings. The van der Waals surface area contributed by atoms with Crippen LogP contribution in [-0.2, 0) is 0 Å². The van der Waals surface area contributed by atoms with Gasteiger partial charge in [0, 0.05) is 43.7 Å². The lowest BCUT2D eigenvalue weighted by atomic mass is 10.0. The first-order valence-electron chi connectivity index (χ1n) is 19.6. The first-order chi connectivity index (χ1) is 28.3. The molecule has 0 unspecified atom stereocenters. The van der Waals surface area contributed by atoms with Gasteiger partial charge in [-0.15, -0.1) is 0 Å². The maximum absolute atomic E-state index is 2.49. The lowest BCUT2D eigenvalue weighted by molar-refractivity contribution is 1.12. The molecule has 0 saturated carbocycles. The van der Waals surface area contributed by atoms with Gasteiger partial charge in [0.25, 0.3) is 0 Å². The zero-order chi connectivity index (χ0) is 37.5. The van der Waals surface area contributed by atoms with Gasteiger partial charge in [0.2, 0.25) is 0 Å². The van der Waals surface area contributed by atoms with Gasteiger partial charge in [0.15, 0.2) is 0 Å². The number of fused-ring (bicyclic) bond motifs is 9. The Morgan fingerprint density at radius 1 is 0.228 bits per heavy atom. The number of rotatable bonds is 5. The van der Waals surface area contributed by atoms with Crippen LogP contribution in [0.1, 0.15) is 0 Å². The molecule has 0 bridgehead atoms. The Bertz CT molecular complexity index is 3440. The van der Waals surface area contributed by atoms with E-state index in [0.29, 0.717) is 0 Å². The second kappa shape index (κ2) is 12.5. The quantitative estimate of drug-likeness (QED) is 0.168. The fourth-order valence-corrected chi connectivity index (χ4v) is 9.30. The van der Waals surface area contributed by atoms with Gasteiger partial charge in [-0.05, 0) is 76.9 Å². The van der Waals surface area contributed by atoms with Crippen molar-refractivity contribution in [3.05, 3.63) is 212 Å². The molecule has 57 heavy (non-hydrogen) atoms. The molecule has 9 aromatic carbocycles. The first-order valence-corrected chi connectivity index (χ1v) is 19.6. The van der Waals surface area contributed by atoms with E-state index in [2.05, 4.69) is 226 Å². The van der Waals surface area contributed by atoms with E-state index in [0.717, 1.165) is 17.1 Å². The van der Waals surface area contributed by atoms with E-state index in [-0.39, 0.29) is 0 Å². The van der Waals surface area contributed by atoms with E-state index in [9.17, 15) is 0 Å². The van der Waals surface area contributed by atoms with Crippen LogP contribution in [-0.4, -0.2) is 13.7 Å². The van der Waals surface area contributed by atoms with Gasteiger partial charge in [0.1, 0.15) is 0 Å². The van der Waals surface area contributed by atoms with Crippen LogP contribution < -0.4 is 0 Å². The number of nitrogens with zero attached hydrogens (tertiary/aromatic N) is 3. The van der Waals surface area contributed by atoms with Crippen LogP contribution in [0.2, 0.25) is 0 Å². The van der Waals surface area contributed by atoms with Gasteiger partial charge in [-0.2, -0.15) is 0 Å². The highest BCUT2D eigenvalue weighted by molar-refractivity contribution is 6.16. The molecule has 0 N–H and O–H groups in total. The first kappa shape index (κ1) is 31.7. The monoisotopic (exact) mass is 725 g/mol. The highest BCUT2D eigenvalue weighted by Gasteiger charge is 2.21. The Kier molecular flexibility index (Phi) is 6.93. The SMILES string of the molecule is c1ccc(-c2ccc(-c3ccc(-n4c5ccccc5c5cccc(-n6c7ccccc7c7ccc(-n8c9ccccc9c9ccccc98)cc76)c54)cc3)cc2)cc1. The van der Waals surface area contributed by atoms with Gasteiger partial charge < -0.3 is 13.7 Å². The second-order valence-electron chi connectivity index (χ2n) is 14.9. The summed E-state index contributed by atoms with van der Waals surface area (Å²) in [5.41, 5.74) is 15.4.